The van der Waals surface area contributed by atoms with Crippen molar-refractivity contribution in [3.05, 3.63) is 39.9 Å². The SMILES string of the molecule is N[C@@H]1C=Cc2cc(Br)ccc21. The van der Waals surface area contributed by atoms with E-state index in [2.05, 4.69) is 34.1 Å². The number of halogens is 1. The minimum Gasteiger partial charge on any atom is -0.321 e. The number of hydrogen-bond acceptors (Lipinski definition) is 1. The van der Waals surface area contributed by atoms with Crippen molar-refractivity contribution in [3.63, 3.8) is 0 Å². The Kier molecular flexibility index (Phi) is 1.59. The molecule has 1 aliphatic rings. The first kappa shape index (κ1) is 7.07. The molecule has 2 N–H and O–H groups in total. The van der Waals surface area contributed by atoms with Crippen molar-refractivity contribution in [1.82, 2.24) is 0 Å². The zero-order valence-corrected chi connectivity index (χ0v) is 7.51. The van der Waals surface area contributed by atoms with Gasteiger partial charge in [0, 0.05) is 10.5 Å². The van der Waals surface area contributed by atoms with Crippen molar-refractivity contribution in [2.45, 2.75) is 6.04 Å². The van der Waals surface area contributed by atoms with Crippen LogP contribution in [0, 0.1) is 0 Å². The lowest BCUT2D eigenvalue weighted by molar-refractivity contribution is 0.930. The van der Waals surface area contributed by atoms with Gasteiger partial charge >= 0.3 is 0 Å². The van der Waals surface area contributed by atoms with Crippen molar-refractivity contribution >= 4 is 22.0 Å². The van der Waals surface area contributed by atoms with E-state index in [4.69, 9.17) is 5.73 Å². The van der Waals surface area contributed by atoms with Crippen LogP contribution in [0.3, 0.4) is 0 Å². The van der Waals surface area contributed by atoms with Gasteiger partial charge in [-0.05, 0) is 23.3 Å². The lowest BCUT2D eigenvalue weighted by Gasteiger charge is -2.03. The highest BCUT2D eigenvalue weighted by atomic mass is 79.9. The van der Waals surface area contributed by atoms with Gasteiger partial charge < -0.3 is 5.73 Å². The number of hydrogen-bond donors (Lipinski definition) is 1. The van der Waals surface area contributed by atoms with Crippen molar-refractivity contribution in [2.75, 3.05) is 0 Å². The minimum atomic E-state index is 0.0955. The fourth-order valence-corrected chi connectivity index (χ4v) is 1.68. The summed E-state index contributed by atoms with van der Waals surface area (Å²) in [5.41, 5.74) is 8.24. The highest BCUT2D eigenvalue weighted by Gasteiger charge is 2.11. The van der Waals surface area contributed by atoms with Gasteiger partial charge in [-0.25, -0.2) is 0 Å². The van der Waals surface area contributed by atoms with Crippen LogP contribution in [0.5, 0.6) is 0 Å². The second kappa shape index (κ2) is 2.47. The predicted octanol–water partition coefficient (Wildman–Crippen LogP) is 2.48. The van der Waals surface area contributed by atoms with Crippen molar-refractivity contribution in [3.8, 4) is 0 Å². The van der Waals surface area contributed by atoms with E-state index in [0.717, 1.165) is 4.47 Å². The molecule has 1 aliphatic carbocycles. The standard InChI is InChI=1S/C9H8BrN/c10-7-2-3-8-6(5-7)1-4-9(8)11/h1-5,9H,11H2/t9-/m1/s1. The number of nitrogens with two attached hydrogens (primary N) is 1. The smallest absolute Gasteiger partial charge is 0.0490 e. The van der Waals surface area contributed by atoms with Crippen molar-refractivity contribution in [1.29, 1.82) is 0 Å². The molecule has 0 spiro atoms. The first-order valence-electron chi connectivity index (χ1n) is 3.50. The van der Waals surface area contributed by atoms with E-state index in [-0.39, 0.29) is 6.04 Å². The summed E-state index contributed by atoms with van der Waals surface area (Å²) >= 11 is 3.41. The summed E-state index contributed by atoms with van der Waals surface area (Å²) in [6, 6.07) is 6.26. The Labute approximate surface area is 74.0 Å². The lowest BCUT2D eigenvalue weighted by atomic mass is 10.1. The molecular formula is C9H8BrN. The molecule has 2 heteroatoms. The third-order valence-electron chi connectivity index (χ3n) is 1.89. The maximum absolute atomic E-state index is 5.79. The van der Waals surface area contributed by atoms with E-state index in [1.165, 1.54) is 11.1 Å². The third kappa shape index (κ3) is 1.12. The van der Waals surface area contributed by atoms with Crippen LogP contribution >= 0.6 is 15.9 Å². The van der Waals surface area contributed by atoms with Gasteiger partial charge in [-0.1, -0.05) is 34.1 Å². The van der Waals surface area contributed by atoms with Gasteiger partial charge in [0.2, 0.25) is 0 Å². The Morgan fingerprint density at radius 2 is 2.18 bits per heavy atom. The van der Waals surface area contributed by atoms with Crippen LogP contribution in [0.25, 0.3) is 6.08 Å². The molecule has 11 heavy (non-hydrogen) atoms. The number of fused-ring (bicyclic) bond motifs is 1. The lowest BCUT2D eigenvalue weighted by Crippen LogP contribution is -2.03. The fraction of sp³-hybridized carbons (Fsp3) is 0.111. The van der Waals surface area contributed by atoms with Crippen LogP contribution < -0.4 is 5.73 Å². The average Bonchev–Trinajstić information content (AvgIpc) is 2.32. The Balaban J connectivity index is 2.58. The molecule has 0 amide bonds. The van der Waals surface area contributed by atoms with E-state index in [9.17, 15) is 0 Å². The normalized spacial score (nSPS) is 20.4. The minimum absolute atomic E-state index is 0.0955. The summed E-state index contributed by atoms with van der Waals surface area (Å²) in [7, 11) is 0. The Morgan fingerprint density at radius 1 is 1.36 bits per heavy atom. The summed E-state index contributed by atoms with van der Waals surface area (Å²) in [5.74, 6) is 0. The van der Waals surface area contributed by atoms with Gasteiger partial charge in [0.15, 0.2) is 0 Å². The maximum atomic E-state index is 5.79. The van der Waals surface area contributed by atoms with Crippen LogP contribution in [0.4, 0.5) is 0 Å². The summed E-state index contributed by atoms with van der Waals surface area (Å²) in [6.07, 6.45) is 4.07. The Hall–Kier alpha value is -0.600. The topological polar surface area (TPSA) is 26.0 Å². The molecule has 0 fully saturated rings. The van der Waals surface area contributed by atoms with E-state index >= 15 is 0 Å². The van der Waals surface area contributed by atoms with E-state index < -0.39 is 0 Å². The van der Waals surface area contributed by atoms with Gasteiger partial charge in [0.05, 0.1) is 0 Å². The largest absolute Gasteiger partial charge is 0.321 e. The Morgan fingerprint density at radius 3 is 3.00 bits per heavy atom. The van der Waals surface area contributed by atoms with Crippen molar-refractivity contribution < 1.29 is 0 Å². The second-order valence-electron chi connectivity index (χ2n) is 2.66. The molecule has 0 saturated heterocycles. The molecule has 0 saturated carbocycles. The van der Waals surface area contributed by atoms with Crippen LogP contribution in [-0.4, -0.2) is 0 Å². The average molecular weight is 210 g/mol. The van der Waals surface area contributed by atoms with Gasteiger partial charge in [-0.3, -0.25) is 0 Å². The fourth-order valence-electron chi connectivity index (χ4n) is 1.30. The van der Waals surface area contributed by atoms with Crippen molar-refractivity contribution in [2.24, 2.45) is 5.73 Å². The van der Waals surface area contributed by atoms with Gasteiger partial charge in [-0.2, -0.15) is 0 Å². The van der Waals surface area contributed by atoms with E-state index in [1.807, 2.05) is 12.1 Å². The summed E-state index contributed by atoms with van der Waals surface area (Å²) < 4.78 is 1.11. The second-order valence-corrected chi connectivity index (χ2v) is 3.57. The molecule has 0 heterocycles. The molecule has 2 rings (SSSR count). The third-order valence-corrected chi connectivity index (χ3v) is 2.38. The number of rotatable bonds is 0. The summed E-state index contributed by atoms with van der Waals surface area (Å²) in [5, 5.41) is 0. The molecule has 1 nitrogen and oxygen atoms in total. The molecule has 1 atom stereocenters. The highest BCUT2D eigenvalue weighted by molar-refractivity contribution is 9.10. The van der Waals surface area contributed by atoms with Crippen LogP contribution in [0.2, 0.25) is 0 Å². The zero-order chi connectivity index (χ0) is 7.84. The van der Waals surface area contributed by atoms with Gasteiger partial charge in [0.1, 0.15) is 0 Å². The van der Waals surface area contributed by atoms with E-state index in [1.54, 1.807) is 0 Å². The Bertz CT molecular complexity index is 317. The molecule has 0 radical (unpaired) electrons. The first-order chi connectivity index (χ1) is 5.27. The predicted molar refractivity (Wildman–Crippen MR) is 50.1 cm³/mol. The highest BCUT2D eigenvalue weighted by Crippen LogP contribution is 2.28. The van der Waals surface area contributed by atoms with Crippen LogP contribution in [0.15, 0.2) is 28.7 Å². The maximum Gasteiger partial charge on any atom is 0.0490 e. The van der Waals surface area contributed by atoms with Crippen LogP contribution in [0.1, 0.15) is 17.2 Å². The number of benzene rings is 1. The summed E-state index contributed by atoms with van der Waals surface area (Å²) in [4.78, 5) is 0. The first-order valence-corrected chi connectivity index (χ1v) is 4.30. The summed E-state index contributed by atoms with van der Waals surface area (Å²) in [6.45, 7) is 0. The van der Waals surface area contributed by atoms with Gasteiger partial charge in [-0.15, -0.1) is 0 Å². The molecular weight excluding hydrogens is 202 g/mol. The molecule has 0 aromatic heterocycles. The molecule has 1 aromatic rings. The van der Waals surface area contributed by atoms with Gasteiger partial charge in [0.25, 0.3) is 0 Å². The quantitative estimate of drug-likeness (QED) is 0.699. The molecule has 0 aliphatic heterocycles. The molecule has 0 unspecified atom stereocenters. The molecule has 0 bridgehead atoms. The molecule has 1 aromatic carbocycles. The monoisotopic (exact) mass is 209 g/mol. The zero-order valence-electron chi connectivity index (χ0n) is 5.92. The molecule has 56 valence electrons. The van der Waals surface area contributed by atoms with E-state index in [0.29, 0.717) is 0 Å². The van der Waals surface area contributed by atoms with Crippen LogP contribution in [-0.2, 0) is 0 Å².